The van der Waals surface area contributed by atoms with Crippen LogP contribution in [0.15, 0.2) is 27.1 Å². The van der Waals surface area contributed by atoms with Gasteiger partial charge in [0, 0.05) is 15.0 Å². The van der Waals surface area contributed by atoms with Gasteiger partial charge in [0.1, 0.15) is 0 Å². The Bertz CT molecular complexity index is 315. The highest BCUT2D eigenvalue weighted by molar-refractivity contribution is 9.11. The Morgan fingerprint density at radius 1 is 1.40 bits per heavy atom. The summed E-state index contributed by atoms with van der Waals surface area (Å²) in [6, 6.07) is 6.37. The molecule has 0 spiro atoms. The molecule has 0 saturated heterocycles. The molecular weight excluding hydrogens is 320 g/mol. The number of unbranched alkanes of at least 4 members (excludes halogenated alkanes) is 1. The third-order valence-corrected chi connectivity index (χ3v) is 3.60. The molecule has 1 aromatic rings. The molecule has 1 atom stereocenters. The van der Waals surface area contributed by atoms with Gasteiger partial charge in [-0.1, -0.05) is 51.6 Å². The zero-order valence-corrected chi connectivity index (χ0v) is 11.9. The Hall–Kier alpha value is 0.1000. The van der Waals surface area contributed by atoms with Gasteiger partial charge >= 0.3 is 0 Å². The summed E-state index contributed by atoms with van der Waals surface area (Å²) < 4.78 is 2.18. The van der Waals surface area contributed by atoms with Crippen molar-refractivity contribution in [2.24, 2.45) is 5.84 Å². The minimum absolute atomic E-state index is 0.219. The Kier molecular flexibility index (Phi) is 5.82. The fourth-order valence-corrected chi connectivity index (χ4v) is 2.42. The van der Waals surface area contributed by atoms with Crippen LogP contribution in [0.4, 0.5) is 0 Å². The molecule has 1 aromatic carbocycles. The molecule has 1 unspecified atom stereocenters. The summed E-state index contributed by atoms with van der Waals surface area (Å²) in [6.07, 6.45) is 3.42. The second kappa shape index (κ2) is 6.63. The van der Waals surface area contributed by atoms with Crippen LogP contribution in [0.1, 0.15) is 37.8 Å². The van der Waals surface area contributed by atoms with Crippen molar-refractivity contribution in [1.82, 2.24) is 5.43 Å². The molecule has 1 rings (SSSR count). The highest BCUT2D eigenvalue weighted by Crippen LogP contribution is 2.29. The van der Waals surface area contributed by atoms with Gasteiger partial charge in [0.2, 0.25) is 0 Å². The van der Waals surface area contributed by atoms with E-state index in [0.717, 1.165) is 15.4 Å². The maximum atomic E-state index is 5.58. The average Bonchev–Trinajstić information content (AvgIpc) is 2.24. The van der Waals surface area contributed by atoms with E-state index in [-0.39, 0.29) is 6.04 Å². The standard InChI is InChI=1S/C11H16Br2N2/c1-2-3-4-11(15-14)9-7-8(12)5-6-10(9)13/h5-7,11,15H,2-4,14H2,1H3. The third kappa shape index (κ3) is 3.87. The fourth-order valence-electron chi connectivity index (χ4n) is 1.52. The third-order valence-electron chi connectivity index (χ3n) is 2.38. The molecule has 0 saturated carbocycles. The van der Waals surface area contributed by atoms with Gasteiger partial charge in [0.15, 0.2) is 0 Å². The van der Waals surface area contributed by atoms with Crippen LogP contribution in [-0.2, 0) is 0 Å². The zero-order chi connectivity index (χ0) is 11.3. The van der Waals surface area contributed by atoms with Crippen LogP contribution in [0.3, 0.4) is 0 Å². The van der Waals surface area contributed by atoms with Crippen molar-refractivity contribution in [1.29, 1.82) is 0 Å². The lowest BCUT2D eigenvalue weighted by Crippen LogP contribution is -2.28. The van der Waals surface area contributed by atoms with E-state index in [1.54, 1.807) is 0 Å². The van der Waals surface area contributed by atoms with Gasteiger partial charge in [-0.3, -0.25) is 11.3 Å². The maximum Gasteiger partial charge on any atom is 0.0471 e. The molecule has 0 bridgehead atoms. The fraction of sp³-hybridized carbons (Fsp3) is 0.455. The summed E-state index contributed by atoms with van der Waals surface area (Å²) in [5.74, 6) is 5.58. The van der Waals surface area contributed by atoms with E-state index < -0.39 is 0 Å². The van der Waals surface area contributed by atoms with Gasteiger partial charge in [0.05, 0.1) is 0 Å². The highest BCUT2D eigenvalue weighted by Gasteiger charge is 2.12. The second-order valence-corrected chi connectivity index (χ2v) is 5.30. The summed E-state index contributed by atoms with van der Waals surface area (Å²) in [7, 11) is 0. The van der Waals surface area contributed by atoms with E-state index in [9.17, 15) is 0 Å². The van der Waals surface area contributed by atoms with E-state index in [1.807, 2.05) is 12.1 Å². The van der Waals surface area contributed by atoms with E-state index in [0.29, 0.717) is 0 Å². The van der Waals surface area contributed by atoms with Gasteiger partial charge in [-0.05, 0) is 30.2 Å². The summed E-state index contributed by atoms with van der Waals surface area (Å²) in [5.41, 5.74) is 4.08. The Morgan fingerprint density at radius 2 is 2.13 bits per heavy atom. The van der Waals surface area contributed by atoms with Crippen molar-refractivity contribution in [2.45, 2.75) is 32.2 Å². The molecule has 15 heavy (non-hydrogen) atoms. The van der Waals surface area contributed by atoms with Crippen LogP contribution in [0.25, 0.3) is 0 Å². The van der Waals surface area contributed by atoms with Crippen LogP contribution >= 0.6 is 31.9 Å². The van der Waals surface area contributed by atoms with Gasteiger partial charge in [-0.15, -0.1) is 0 Å². The molecule has 0 aliphatic carbocycles. The average molecular weight is 336 g/mol. The van der Waals surface area contributed by atoms with Crippen molar-refractivity contribution in [2.75, 3.05) is 0 Å². The van der Waals surface area contributed by atoms with Crippen molar-refractivity contribution in [3.63, 3.8) is 0 Å². The molecule has 3 N–H and O–H groups in total. The summed E-state index contributed by atoms with van der Waals surface area (Å²) in [5, 5.41) is 0. The largest absolute Gasteiger partial charge is 0.271 e. The Morgan fingerprint density at radius 3 is 2.73 bits per heavy atom. The first kappa shape index (κ1) is 13.2. The van der Waals surface area contributed by atoms with Crippen molar-refractivity contribution < 1.29 is 0 Å². The lowest BCUT2D eigenvalue weighted by Gasteiger charge is -2.17. The number of halogens is 2. The predicted molar refractivity (Wildman–Crippen MR) is 71.4 cm³/mol. The van der Waals surface area contributed by atoms with Crippen molar-refractivity contribution >= 4 is 31.9 Å². The summed E-state index contributed by atoms with van der Waals surface area (Å²) in [4.78, 5) is 0. The second-order valence-electron chi connectivity index (χ2n) is 3.53. The van der Waals surface area contributed by atoms with Crippen LogP contribution in [-0.4, -0.2) is 0 Å². The molecule has 4 heteroatoms. The zero-order valence-electron chi connectivity index (χ0n) is 8.76. The maximum absolute atomic E-state index is 5.58. The number of hydrogen-bond donors (Lipinski definition) is 2. The number of hydrazine groups is 1. The number of rotatable bonds is 5. The van der Waals surface area contributed by atoms with Crippen LogP contribution in [0.2, 0.25) is 0 Å². The van der Waals surface area contributed by atoms with E-state index in [4.69, 9.17) is 5.84 Å². The molecule has 84 valence electrons. The van der Waals surface area contributed by atoms with E-state index in [2.05, 4.69) is 50.3 Å². The van der Waals surface area contributed by atoms with Gasteiger partial charge in [0.25, 0.3) is 0 Å². The molecule has 0 radical (unpaired) electrons. The van der Waals surface area contributed by atoms with Crippen LogP contribution < -0.4 is 11.3 Å². The van der Waals surface area contributed by atoms with E-state index >= 15 is 0 Å². The van der Waals surface area contributed by atoms with Crippen LogP contribution in [0.5, 0.6) is 0 Å². The molecular formula is C11H16Br2N2. The van der Waals surface area contributed by atoms with Gasteiger partial charge in [-0.2, -0.15) is 0 Å². The highest BCUT2D eigenvalue weighted by atomic mass is 79.9. The molecule has 0 amide bonds. The first-order valence-corrected chi connectivity index (χ1v) is 6.68. The lowest BCUT2D eigenvalue weighted by molar-refractivity contribution is 0.493. The summed E-state index contributed by atoms with van der Waals surface area (Å²) >= 11 is 7.02. The summed E-state index contributed by atoms with van der Waals surface area (Å²) in [6.45, 7) is 2.18. The molecule has 0 fully saturated rings. The van der Waals surface area contributed by atoms with Gasteiger partial charge in [-0.25, -0.2) is 0 Å². The topological polar surface area (TPSA) is 38.0 Å². The molecule has 0 aromatic heterocycles. The molecule has 2 nitrogen and oxygen atoms in total. The minimum atomic E-state index is 0.219. The first-order valence-electron chi connectivity index (χ1n) is 5.10. The van der Waals surface area contributed by atoms with Crippen LogP contribution in [0, 0.1) is 0 Å². The Labute approximate surface area is 108 Å². The first-order chi connectivity index (χ1) is 7.19. The monoisotopic (exact) mass is 334 g/mol. The Balaban J connectivity index is 2.85. The number of nitrogens with two attached hydrogens (primary N) is 1. The molecule has 0 aliphatic heterocycles. The van der Waals surface area contributed by atoms with Gasteiger partial charge < -0.3 is 0 Å². The quantitative estimate of drug-likeness (QED) is 0.632. The number of benzene rings is 1. The minimum Gasteiger partial charge on any atom is -0.271 e. The molecule has 0 aliphatic rings. The normalized spacial score (nSPS) is 12.8. The predicted octanol–water partition coefficient (Wildman–Crippen LogP) is 3.91. The SMILES string of the molecule is CCCCC(NN)c1cc(Br)ccc1Br. The lowest BCUT2D eigenvalue weighted by atomic mass is 10.0. The smallest absolute Gasteiger partial charge is 0.0471 e. The number of nitrogens with one attached hydrogen (secondary N) is 1. The number of hydrogen-bond acceptors (Lipinski definition) is 2. The van der Waals surface area contributed by atoms with E-state index in [1.165, 1.54) is 18.4 Å². The van der Waals surface area contributed by atoms with Crippen molar-refractivity contribution in [3.8, 4) is 0 Å². The molecule has 0 heterocycles. The van der Waals surface area contributed by atoms with Crippen molar-refractivity contribution in [3.05, 3.63) is 32.7 Å².